The number of carbonyl (C=O) groups is 1. The van der Waals surface area contributed by atoms with E-state index in [0.717, 1.165) is 12.8 Å². The number of aryl methyl sites for hydroxylation is 1. The van der Waals surface area contributed by atoms with Gasteiger partial charge in [0.05, 0.1) is 10.6 Å². The molecule has 0 bridgehead atoms. The summed E-state index contributed by atoms with van der Waals surface area (Å²) in [6.45, 7) is 4.18. The number of nitrogens with zero attached hydrogens (tertiary/aromatic N) is 1. The lowest BCUT2D eigenvalue weighted by Gasteiger charge is -2.37. The van der Waals surface area contributed by atoms with Crippen molar-refractivity contribution < 1.29 is 14.3 Å². The lowest BCUT2D eigenvalue weighted by Crippen LogP contribution is -2.46. The Bertz CT molecular complexity index is 521. The monoisotopic (exact) mass is 299 g/mol. The number of carbonyl (C=O) groups excluding carboxylic acids is 1. The van der Waals surface area contributed by atoms with Crippen LogP contribution in [-0.4, -0.2) is 35.1 Å². The fraction of sp³-hybridized carbons (Fsp3) is 0.533. The van der Waals surface area contributed by atoms with Crippen molar-refractivity contribution in [2.24, 2.45) is 5.92 Å². The van der Waals surface area contributed by atoms with Crippen molar-refractivity contribution in [1.82, 2.24) is 4.90 Å². The molecular formula is C15H19ClFNO2. The molecule has 1 fully saturated rings. The van der Waals surface area contributed by atoms with Crippen LogP contribution in [0, 0.1) is 18.7 Å². The lowest BCUT2D eigenvalue weighted by atomic mass is 9.93. The van der Waals surface area contributed by atoms with Crippen LogP contribution in [0.4, 0.5) is 4.39 Å². The maximum absolute atomic E-state index is 13.4. The molecule has 5 heteroatoms. The summed E-state index contributed by atoms with van der Waals surface area (Å²) in [4.78, 5) is 14.3. The average Bonchev–Trinajstić information content (AvgIpc) is 2.42. The van der Waals surface area contributed by atoms with Crippen LogP contribution < -0.4 is 0 Å². The predicted molar refractivity (Wildman–Crippen MR) is 76.5 cm³/mol. The predicted octanol–water partition coefficient (Wildman–Crippen LogP) is 3.02. The molecule has 20 heavy (non-hydrogen) atoms. The summed E-state index contributed by atoms with van der Waals surface area (Å²) in [5, 5.41) is 9.40. The molecule has 0 saturated carbocycles. The molecule has 0 radical (unpaired) electrons. The molecule has 1 amide bonds. The Morgan fingerprint density at radius 1 is 1.50 bits per heavy atom. The Hall–Kier alpha value is -1.13. The molecule has 0 aromatic heterocycles. The number of aliphatic hydroxyl groups excluding tert-OH is 1. The van der Waals surface area contributed by atoms with Gasteiger partial charge in [0.2, 0.25) is 0 Å². The minimum atomic E-state index is -0.411. The van der Waals surface area contributed by atoms with E-state index in [0.29, 0.717) is 17.7 Å². The van der Waals surface area contributed by atoms with Crippen LogP contribution in [0.15, 0.2) is 12.1 Å². The zero-order valence-corrected chi connectivity index (χ0v) is 12.5. The van der Waals surface area contributed by atoms with Gasteiger partial charge in [0, 0.05) is 19.2 Å². The third kappa shape index (κ3) is 2.96. The van der Waals surface area contributed by atoms with Gasteiger partial charge in [-0.05, 0) is 50.3 Å². The number of likely N-dealkylation sites (tertiary alicyclic amines) is 1. The summed E-state index contributed by atoms with van der Waals surface area (Å²) in [5.41, 5.74) is 0.733. The SMILES string of the molecule is Cc1cc(C(=O)N2CC(CO)CCC2C)c(Cl)cc1F. The standard InChI is InChI=1S/C15H19ClFNO2/c1-9-5-12(13(16)6-14(9)17)15(20)18-7-11(8-19)4-3-10(18)2/h5-6,10-11,19H,3-4,7-8H2,1-2H3. The van der Waals surface area contributed by atoms with Gasteiger partial charge in [-0.15, -0.1) is 0 Å². The van der Waals surface area contributed by atoms with Crippen LogP contribution in [0.2, 0.25) is 5.02 Å². The molecule has 2 unspecified atom stereocenters. The van der Waals surface area contributed by atoms with Crippen LogP contribution in [0.25, 0.3) is 0 Å². The molecule has 1 saturated heterocycles. The van der Waals surface area contributed by atoms with Crippen molar-refractivity contribution in [2.75, 3.05) is 13.2 Å². The van der Waals surface area contributed by atoms with Gasteiger partial charge in [0.15, 0.2) is 0 Å². The molecule has 1 aliphatic heterocycles. The molecule has 0 spiro atoms. The summed E-state index contributed by atoms with van der Waals surface area (Å²) >= 11 is 6.00. The molecule has 2 rings (SSSR count). The van der Waals surface area contributed by atoms with E-state index in [2.05, 4.69) is 0 Å². The van der Waals surface area contributed by atoms with E-state index in [1.165, 1.54) is 12.1 Å². The first-order valence-corrected chi connectivity index (χ1v) is 7.19. The van der Waals surface area contributed by atoms with E-state index >= 15 is 0 Å². The molecule has 1 N–H and O–H groups in total. The van der Waals surface area contributed by atoms with Crippen molar-refractivity contribution in [3.63, 3.8) is 0 Å². The van der Waals surface area contributed by atoms with E-state index in [9.17, 15) is 14.3 Å². The zero-order valence-electron chi connectivity index (χ0n) is 11.7. The average molecular weight is 300 g/mol. The molecular weight excluding hydrogens is 281 g/mol. The van der Waals surface area contributed by atoms with Gasteiger partial charge >= 0.3 is 0 Å². The van der Waals surface area contributed by atoms with Crippen LogP contribution in [0.1, 0.15) is 35.7 Å². The second-order valence-corrected chi connectivity index (χ2v) is 5.92. The number of aliphatic hydroxyl groups is 1. The maximum Gasteiger partial charge on any atom is 0.255 e. The van der Waals surface area contributed by atoms with Crippen molar-refractivity contribution >= 4 is 17.5 Å². The number of piperidine rings is 1. The summed E-state index contributed by atoms with van der Waals surface area (Å²) < 4.78 is 13.4. The van der Waals surface area contributed by atoms with Crippen molar-refractivity contribution in [3.8, 4) is 0 Å². The molecule has 2 atom stereocenters. The largest absolute Gasteiger partial charge is 0.396 e. The second-order valence-electron chi connectivity index (χ2n) is 5.51. The fourth-order valence-electron chi connectivity index (χ4n) is 2.59. The highest BCUT2D eigenvalue weighted by atomic mass is 35.5. The third-order valence-corrected chi connectivity index (χ3v) is 4.29. The van der Waals surface area contributed by atoms with Crippen molar-refractivity contribution in [3.05, 3.63) is 34.1 Å². The van der Waals surface area contributed by atoms with Gasteiger partial charge in [0.25, 0.3) is 5.91 Å². The van der Waals surface area contributed by atoms with E-state index in [1.807, 2.05) is 6.92 Å². The minimum absolute atomic E-state index is 0.0761. The van der Waals surface area contributed by atoms with Gasteiger partial charge < -0.3 is 10.0 Å². The topological polar surface area (TPSA) is 40.5 Å². The summed E-state index contributed by atoms with van der Waals surface area (Å²) in [5.74, 6) is -0.495. The van der Waals surface area contributed by atoms with Crippen molar-refractivity contribution in [1.29, 1.82) is 0 Å². The first kappa shape index (κ1) is 15.3. The molecule has 3 nitrogen and oxygen atoms in total. The van der Waals surface area contributed by atoms with E-state index in [4.69, 9.17) is 11.6 Å². The normalized spacial score (nSPS) is 22.9. The number of hydrogen-bond acceptors (Lipinski definition) is 2. The molecule has 1 heterocycles. The highest BCUT2D eigenvalue weighted by molar-refractivity contribution is 6.33. The number of benzene rings is 1. The van der Waals surface area contributed by atoms with Crippen molar-refractivity contribution in [2.45, 2.75) is 32.7 Å². The summed E-state index contributed by atoms with van der Waals surface area (Å²) in [6, 6.07) is 2.78. The Balaban J connectivity index is 2.28. The maximum atomic E-state index is 13.4. The quantitative estimate of drug-likeness (QED) is 0.912. The minimum Gasteiger partial charge on any atom is -0.396 e. The second kappa shape index (κ2) is 6.10. The van der Waals surface area contributed by atoms with Crippen LogP contribution >= 0.6 is 11.6 Å². The first-order valence-electron chi connectivity index (χ1n) is 6.81. The van der Waals surface area contributed by atoms with Crippen LogP contribution in [-0.2, 0) is 0 Å². The van der Waals surface area contributed by atoms with Gasteiger partial charge in [-0.2, -0.15) is 0 Å². The Kier molecular flexibility index (Phi) is 4.66. The smallest absolute Gasteiger partial charge is 0.255 e. The van der Waals surface area contributed by atoms with Crippen LogP contribution in [0.3, 0.4) is 0 Å². The molecule has 110 valence electrons. The lowest BCUT2D eigenvalue weighted by molar-refractivity contribution is 0.0489. The number of halogens is 2. The van der Waals surface area contributed by atoms with Gasteiger partial charge in [0.1, 0.15) is 5.82 Å². The van der Waals surface area contributed by atoms with E-state index in [1.54, 1.807) is 11.8 Å². The zero-order chi connectivity index (χ0) is 14.9. The van der Waals surface area contributed by atoms with Crippen LogP contribution in [0.5, 0.6) is 0 Å². The Morgan fingerprint density at radius 3 is 2.85 bits per heavy atom. The Morgan fingerprint density at radius 2 is 2.20 bits per heavy atom. The first-order chi connectivity index (χ1) is 9.43. The van der Waals surface area contributed by atoms with E-state index in [-0.39, 0.29) is 29.5 Å². The van der Waals surface area contributed by atoms with E-state index < -0.39 is 5.82 Å². The molecule has 1 aliphatic rings. The number of rotatable bonds is 2. The summed E-state index contributed by atoms with van der Waals surface area (Å²) in [7, 11) is 0. The van der Waals surface area contributed by atoms with Gasteiger partial charge in [-0.3, -0.25) is 4.79 Å². The molecule has 0 aliphatic carbocycles. The summed E-state index contributed by atoms with van der Waals surface area (Å²) in [6.07, 6.45) is 1.77. The molecule has 1 aromatic carbocycles. The third-order valence-electron chi connectivity index (χ3n) is 3.98. The highest BCUT2D eigenvalue weighted by Gasteiger charge is 2.30. The van der Waals surface area contributed by atoms with Gasteiger partial charge in [-0.25, -0.2) is 4.39 Å². The number of hydrogen-bond donors (Lipinski definition) is 1. The molecule has 1 aromatic rings. The number of amides is 1. The highest BCUT2D eigenvalue weighted by Crippen LogP contribution is 2.27. The fourth-order valence-corrected chi connectivity index (χ4v) is 2.82. The van der Waals surface area contributed by atoms with Gasteiger partial charge in [-0.1, -0.05) is 11.6 Å². The Labute approximate surface area is 123 Å².